The monoisotopic (exact) mass is 280 g/mol. The predicted molar refractivity (Wildman–Crippen MR) is 66.4 cm³/mol. The van der Waals surface area contributed by atoms with Gasteiger partial charge in [-0.25, -0.2) is 9.37 Å². The first-order valence-corrected chi connectivity index (χ1v) is 5.60. The highest BCUT2D eigenvalue weighted by molar-refractivity contribution is 9.10. The van der Waals surface area contributed by atoms with E-state index in [1.54, 1.807) is 18.3 Å². The second kappa shape index (κ2) is 4.61. The predicted octanol–water partition coefficient (Wildman–Crippen LogP) is 4.04. The Morgan fingerprint density at radius 1 is 1.25 bits per heavy atom. The molecule has 0 atom stereocenters. The molecule has 4 heteroatoms. The summed E-state index contributed by atoms with van der Waals surface area (Å²) in [6.45, 7) is 1.85. The van der Waals surface area contributed by atoms with E-state index >= 15 is 0 Å². The molecule has 2 aromatic rings. The molecule has 0 radical (unpaired) electrons. The first-order chi connectivity index (χ1) is 7.66. The Labute approximate surface area is 102 Å². The van der Waals surface area contributed by atoms with Crippen molar-refractivity contribution in [2.24, 2.45) is 0 Å². The van der Waals surface area contributed by atoms with Crippen LogP contribution in [0.5, 0.6) is 0 Å². The van der Waals surface area contributed by atoms with Gasteiger partial charge in [0.2, 0.25) is 0 Å². The van der Waals surface area contributed by atoms with Gasteiger partial charge >= 0.3 is 0 Å². The van der Waals surface area contributed by atoms with Crippen LogP contribution in [0, 0.1) is 12.7 Å². The first-order valence-electron chi connectivity index (χ1n) is 4.80. The zero-order valence-electron chi connectivity index (χ0n) is 8.67. The molecule has 1 aromatic carbocycles. The Morgan fingerprint density at radius 2 is 2.06 bits per heavy atom. The highest BCUT2D eigenvalue weighted by Gasteiger charge is 2.05. The number of aromatic nitrogens is 1. The van der Waals surface area contributed by atoms with Gasteiger partial charge in [0.25, 0.3) is 0 Å². The fraction of sp³-hybridized carbons (Fsp3) is 0.0833. The van der Waals surface area contributed by atoms with Crippen LogP contribution >= 0.6 is 15.9 Å². The maximum Gasteiger partial charge on any atom is 0.146 e. The fourth-order valence-electron chi connectivity index (χ4n) is 1.37. The summed E-state index contributed by atoms with van der Waals surface area (Å²) in [7, 11) is 0. The number of hydrogen-bond acceptors (Lipinski definition) is 2. The fourth-order valence-corrected chi connectivity index (χ4v) is 1.60. The van der Waals surface area contributed by atoms with Crippen molar-refractivity contribution in [3.05, 3.63) is 52.4 Å². The third-order valence-corrected chi connectivity index (χ3v) is 2.67. The van der Waals surface area contributed by atoms with Gasteiger partial charge in [0.15, 0.2) is 0 Å². The molecule has 2 rings (SSSR count). The molecule has 0 saturated carbocycles. The van der Waals surface area contributed by atoms with E-state index in [0.717, 1.165) is 10.0 Å². The van der Waals surface area contributed by atoms with Crippen LogP contribution < -0.4 is 5.32 Å². The summed E-state index contributed by atoms with van der Waals surface area (Å²) < 4.78 is 14.4. The summed E-state index contributed by atoms with van der Waals surface area (Å²) in [5, 5.41) is 2.96. The van der Waals surface area contributed by atoms with Crippen molar-refractivity contribution in [1.82, 2.24) is 4.98 Å². The van der Waals surface area contributed by atoms with E-state index in [9.17, 15) is 4.39 Å². The summed E-state index contributed by atoms with van der Waals surface area (Å²) in [6.07, 6.45) is 1.67. The molecule has 0 fully saturated rings. The number of rotatable bonds is 2. The van der Waals surface area contributed by atoms with Crippen molar-refractivity contribution in [2.75, 3.05) is 5.32 Å². The smallest absolute Gasteiger partial charge is 0.146 e. The molecule has 1 aromatic heterocycles. The Balaban J connectivity index is 2.30. The number of pyridine rings is 1. The average molecular weight is 281 g/mol. The maximum atomic E-state index is 13.5. The lowest BCUT2D eigenvalue weighted by atomic mass is 10.2. The summed E-state index contributed by atoms with van der Waals surface area (Å²) in [5.74, 6) is 0.348. The van der Waals surface area contributed by atoms with Crippen LogP contribution in [-0.4, -0.2) is 4.98 Å². The van der Waals surface area contributed by atoms with Gasteiger partial charge in [-0.3, -0.25) is 0 Å². The van der Waals surface area contributed by atoms with E-state index in [2.05, 4.69) is 26.2 Å². The molecule has 0 bridgehead atoms. The maximum absolute atomic E-state index is 13.5. The van der Waals surface area contributed by atoms with E-state index in [1.165, 1.54) is 6.07 Å². The van der Waals surface area contributed by atoms with Crippen molar-refractivity contribution in [2.45, 2.75) is 6.92 Å². The number of halogens is 2. The third-order valence-electron chi connectivity index (χ3n) is 2.20. The molecule has 0 aliphatic rings. The molecule has 82 valence electrons. The van der Waals surface area contributed by atoms with Gasteiger partial charge in [0, 0.05) is 10.7 Å². The molecule has 16 heavy (non-hydrogen) atoms. The largest absolute Gasteiger partial charge is 0.338 e. The number of anilines is 2. The molecule has 0 unspecified atom stereocenters. The van der Waals surface area contributed by atoms with Gasteiger partial charge in [0.1, 0.15) is 11.6 Å². The van der Waals surface area contributed by atoms with Gasteiger partial charge in [-0.05, 0) is 46.6 Å². The minimum Gasteiger partial charge on any atom is -0.338 e. The average Bonchev–Trinajstić information content (AvgIpc) is 2.26. The lowest BCUT2D eigenvalue weighted by Gasteiger charge is -2.09. The number of para-hydroxylation sites is 1. The van der Waals surface area contributed by atoms with Gasteiger partial charge in [-0.2, -0.15) is 0 Å². The Kier molecular flexibility index (Phi) is 3.19. The summed E-state index contributed by atoms with van der Waals surface area (Å²) >= 11 is 3.30. The SMILES string of the molecule is Cc1cccc(F)c1Nc1ccc(Br)cn1. The summed E-state index contributed by atoms with van der Waals surface area (Å²) in [4.78, 5) is 4.13. The molecule has 0 saturated heterocycles. The minimum atomic E-state index is -0.273. The Bertz CT molecular complexity index is 477. The molecule has 0 aliphatic heterocycles. The van der Waals surface area contributed by atoms with Gasteiger partial charge in [-0.1, -0.05) is 12.1 Å². The van der Waals surface area contributed by atoms with Crippen molar-refractivity contribution in [1.29, 1.82) is 0 Å². The number of nitrogens with one attached hydrogen (secondary N) is 1. The van der Waals surface area contributed by atoms with Crippen LogP contribution in [0.2, 0.25) is 0 Å². The lowest BCUT2D eigenvalue weighted by Crippen LogP contribution is -1.98. The second-order valence-corrected chi connectivity index (χ2v) is 4.33. The van der Waals surface area contributed by atoms with Crippen molar-refractivity contribution in [3.63, 3.8) is 0 Å². The van der Waals surface area contributed by atoms with Crippen LogP contribution in [0.25, 0.3) is 0 Å². The van der Waals surface area contributed by atoms with E-state index in [0.29, 0.717) is 11.5 Å². The first kappa shape index (κ1) is 11.1. The quantitative estimate of drug-likeness (QED) is 0.898. The molecular weight excluding hydrogens is 271 g/mol. The normalized spacial score (nSPS) is 10.2. The molecule has 0 amide bonds. The Morgan fingerprint density at radius 3 is 2.69 bits per heavy atom. The molecule has 1 heterocycles. The number of benzene rings is 1. The van der Waals surface area contributed by atoms with Gasteiger partial charge < -0.3 is 5.32 Å². The molecule has 0 aliphatic carbocycles. The van der Waals surface area contributed by atoms with Crippen molar-refractivity contribution >= 4 is 27.4 Å². The standard InChI is InChI=1S/C12H10BrFN2/c1-8-3-2-4-10(14)12(8)16-11-6-5-9(13)7-15-11/h2-7H,1H3,(H,15,16). The lowest BCUT2D eigenvalue weighted by molar-refractivity contribution is 0.631. The van der Waals surface area contributed by atoms with Crippen LogP contribution in [0.15, 0.2) is 41.0 Å². The summed E-state index contributed by atoms with van der Waals surface area (Å²) in [6, 6.07) is 8.60. The zero-order chi connectivity index (χ0) is 11.5. The molecule has 2 nitrogen and oxygen atoms in total. The van der Waals surface area contributed by atoms with E-state index in [1.807, 2.05) is 19.1 Å². The van der Waals surface area contributed by atoms with E-state index < -0.39 is 0 Å². The number of hydrogen-bond donors (Lipinski definition) is 1. The van der Waals surface area contributed by atoms with Gasteiger partial charge in [-0.15, -0.1) is 0 Å². The van der Waals surface area contributed by atoms with Crippen molar-refractivity contribution < 1.29 is 4.39 Å². The van der Waals surface area contributed by atoms with E-state index in [-0.39, 0.29) is 5.82 Å². The van der Waals surface area contributed by atoms with Crippen LogP contribution in [0.3, 0.4) is 0 Å². The molecular formula is C12H10BrFN2. The summed E-state index contributed by atoms with van der Waals surface area (Å²) in [5.41, 5.74) is 1.32. The minimum absolute atomic E-state index is 0.273. The van der Waals surface area contributed by atoms with Crippen molar-refractivity contribution in [3.8, 4) is 0 Å². The third kappa shape index (κ3) is 2.39. The zero-order valence-corrected chi connectivity index (χ0v) is 10.3. The van der Waals surface area contributed by atoms with E-state index in [4.69, 9.17) is 0 Å². The highest BCUT2D eigenvalue weighted by atomic mass is 79.9. The van der Waals surface area contributed by atoms with Crippen LogP contribution in [0.4, 0.5) is 15.9 Å². The second-order valence-electron chi connectivity index (χ2n) is 3.42. The molecule has 0 spiro atoms. The number of aryl methyl sites for hydroxylation is 1. The van der Waals surface area contributed by atoms with Gasteiger partial charge in [0.05, 0.1) is 5.69 Å². The topological polar surface area (TPSA) is 24.9 Å². The van der Waals surface area contributed by atoms with Crippen LogP contribution in [-0.2, 0) is 0 Å². The highest BCUT2D eigenvalue weighted by Crippen LogP contribution is 2.23. The van der Waals surface area contributed by atoms with Crippen LogP contribution in [0.1, 0.15) is 5.56 Å². The Hall–Kier alpha value is -1.42. The number of nitrogens with zero attached hydrogens (tertiary/aromatic N) is 1. The molecule has 1 N–H and O–H groups in total.